The van der Waals surface area contributed by atoms with E-state index in [0.29, 0.717) is 11.5 Å². The fraction of sp³-hybridized carbons (Fsp3) is 0.267. The molecule has 0 saturated carbocycles. The van der Waals surface area contributed by atoms with Crippen molar-refractivity contribution in [1.82, 2.24) is 15.3 Å². The third-order valence-electron chi connectivity index (χ3n) is 2.78. The van der Waals surface area contributed by atoms with E-state index in [-0.39, 0.29) is 11.9 Å². The number of hydrogen-bond acceptors (Lipinski definition) is 4. The van der Waals surface area contributed by atoms with Crippen molar-refractivity contribution in [1.29, 1.82) is 0 Å². The Bertz CT molecular complexity index is 566. The Labute approximate surface area is 118 Å². The molecule has 0 atom stereocenters. The minimum Gasteiger partial charge on any atom is -0.348 e. The monoisotopic (exact) mass is 270 g/mol. The van der Waals surface area contributed by atoms with Crippen molar-refractivity contribution in [3.05, 3.63) is 48.4 Å². The Hall–Kier alpha value is -2.43. The molecule has 104 valence electrons. The van der Waals surface area contributed by atoms with Crippen LogP contribution < -0.4 is 10.2 Å². The molecule has 0 aliphatic heterocycles. The van der Waals surface area contributed by atoms with E-state index in [4.69, 9.17) is 0 Å². The molecule has 1 N–H and O–H groups in total. The lowest BCUT2D eigenvalue weighted by Crippen LogP contribution is -2.30. The third kappa shape index (κ3) is 3.32. The highest BCUT2D eigenvalue weighted by atomic mass is 16.1. The summed E-state index contributed by atoms with van der Waals surface area (Å²) in [6, 6.07) is 9.94. The maximum absolute atomic E-state index is 11.8. The molecule has 0 radical (unpaired) electrons. The zero-order valence-electron chi connectivity index (χ0n) is 11.9. The number of carbonyl (C=O) groups excluding carboxylic acids is 1. The van der Waals surface area contributed by atoms with Crippen LogP contribution in [0.15, 0.2) is 42.7 Å². The van der Waals surface area contributed by atoms with Crippen LogP contribution in [0.3, 0.4) is 0 Å². The highest BCUT2D eigenvalue weighted by Crippen LogP contribution is 2.19. The van der Waals surface area contributed by atoms with Crippen molar-refractivity contribution < 1.29 is 4.79 Å². The number of nitrogens with zero attached hydrogens (tertiary/aromatic N) is 3. The van der Waals surface area contributed by atoms with Gasteiger partial charge < -0.3 is 10.2 Å². The molecular formula is C15H18N4O. The first-order valence-electron chi connectivity index (χ1n) is 6.49. The number of anilines is 2. The lowest BCUT2D eigenvalue weighted by molar-refractivity contribution is 0.0937. The van der Waals surface area contributed by atoms with E-state index in [1.54, 1.807) is 6.20 Å². The summed E-state index contributed by atoms with van der Waals surface area (Å²) >= 11 is 0. The number of benzene rings is 1. The summed E-state index contributed by atoms with van der Waals surface area (Å²) in [5, 5.41) is 2.78. The number of amides is 1. The largest absolute Gasteiger partial charge is 0.348 e. The third-order valence-corrected chi connectivity index (χ3v) is 2.78. The summed E-state index contributed by atoms with van der Waals surface area (Å²) < 4.78 is 0. The standard InChI is InChI=1S/C15H18N4O/c1-11(2)18-15(20)13-9-17-14(10-16-13)19(3)12-7-5-4-6-8-12/h4-11H,1-3H3,(H,18,20). The van der Waals surface area contributed by atoms with E-state index in [1.807, 2.05) is 56.1 Å². The molecule has 0 saturated heterocycles. The Morgan fingerprint density at radius 3 is 2.40 bits per heavy atom. The van der Waals surface area contributed by atoms with Crippen LogP contribution in [0.25, 0.3) is 0 Å². The number of nitrogens with one attached hydrogen (secondary N) is 1. The Morgan fingerprint density at radius 2 is 1.85 bits per heavy atom. The summed E-state index contributed by atoms with van der Waals surface area (Å²) in [7, 11) is 1.91. The van der Waals surface area contributed by atoms with Crippen LogP contribution in [-0.2, 0) is 0 Å². The van der Waals surface area contributed by atoms with Gasteiger partial charge in [0.05, 0.1) is 12.4 Å². The van der Waals surface area contributed by atoms with Gasteiger partial charge >= 0.3 is 0 Å². The van der Waals surface area contributed by atoms with Gasteiger partial charge in [-0.25, -0.2) is 9.97 Å². The zero-order valence-corrected chi connectivity index (χ0v) is 11.9. The minimum absolute atomic E-state index is 0.0796. The van der Waals surface area contributed by atoms with Crippen LogP contribution in [-0.4, -0.2) is 29.0 Å². The van der Waals surface area contributed by atoms with Gasteiger partial charge in [-0.1, -0.05) is 18.2 Å². The molecular weight excluding hydrogens is 252 g/mol. The van der Waals surface area contributed by atoms with Gasteiger partial charge in [0.25, 0.3) is 5.91 Å². The molecule has 0 unspecified atom stereocenters. The molecule has 0 bridgehead atoms. The Balaban J connectivity index is 2.14. The first kappa shape index (κ1) is 14.0. The van der Waals surface area contributed by atoms with Gasteiger partial charge in [-0.2, -0.15) is 0 Å². The van der Waals surface area contributed by atoms with Crippen LogP contribution in [0.2, 0.25) is 0 Å². The molecule has 0 fully saturated rings. The SMILES string of the molecule is CC(C)NC(=O)c1cnc(N(C)c2ccccc2)cn1. The van der Waals surface area contributed by atoms with Crippen LogP contribution >= 0.6 is 0 Å². The Morgan fingerprint density at radius 1 is 1.15 bits per heavy atom. The van der Waals surface area contributed by atoms with Crippen molar-refractivity contribution in [2.75, 3.05) is 11.9 Å². The predicted molar refractivity (Wildman–Crippen MR) is 79.1 cm³/mol. The van der Waals surface area contributed by atoms with Crippen LogP contribution in [0.4, 0.5) is 11.5 Å². The maximum Gasteiger partial charge on any atom is 0.271 e. The van der Waals surface area contributed by atoms with E-state index in [1.165, 1.54) is 6.20 Å². The van der Waals surface area contributed by atoms with Crippen LogP contribution in [0.5, 0.6) is 0 Å². The molecule has 1 amide bonds. The van der Waals surface area contributed by atoms with Gasteiger partial charge in [0.1, 0.15) is 5.69 Å². The van der Waals surface area contributed by atoms with E-state index >= 15 is 0 Å². The minimum atomic E-state index is -0.207. The average molecular weight is 270 g/mol. The number of hydrogen-bond donors (Lipinski definition) is 1. The van der Waals surface area contributed by atoms with Crippen LogP contribution in [0, 0.1) is 0 Å². The van der Waals surface area contributed by atoms with Crippen molar-refractivity contribution >= 4 is 17.4 Å². The van der Waals surface area contributed by atoms with Crippen molar-refractivity contribution in [2.24, 2.45) is 0 Å². The van der Waals surface area contributed by atoms with Gasteiger partial charge in [-0.15, -0.1) is 0 Å². The maximum atomic E-state index is 11.8. The molecule has 1 aromatic carbocycles. The number of para-hydroxylation sites is 1. The fourth-order valence-corrected chi connectivity index (χ4v) is 1.73. The van der Waals surface area contributed by atoms with E-state index in [2.05, 4.69) is 15.3 Å². The van der Waals surface area contributed by atoms with E-state index in [9.17, 15) is 4.79 Å². The molecule has 2 aromatic rings. The topological polar surface area (TPSA) is 58.1 Å². The van der Waals surface area contributed by atoms with Crippen molar-refractivity contribution in [2.45, 2.75) is 19.9 Å². The molecule has 1 heterocycles. The van der Waals surface area contributed by atoms with Crippen LogP contribution in [0.1, 0.15) is 24.3 Å². The number of carbonyl (C=O) groups is 1. The normalized spacial score (nSPS) is 10.4. The molecule has 0 aliphatic rings. The van der Waals surface area contributed by atoms with Gasteiger partial charge in [0.15, 0.2) is 5.82 Å². The quantitative estimate of drug-likeness (QED) is 0.926. The summed E-state index contributed by atoms with van der Waals surface area (Å²) in [4.78, 5) is 22.1. The highest BCUT2D eigenvalue weighted by Gasteiger charge is 2.11. The molecule has 20 heavy (non-hydrogen) atoms. The summed E-state index contributed by atoms with van der Waals surface area (Å²) in [5.74, 6) is 0.485. The Kier molecular flexibility index (Phi) is 4.30. The van der Waals surface area contributed by atoms with E-state index < -0.39 is 0 Å². The smallest absolute Gasteiger partial charge is 0.271 e. The van der Waals surface area contributed by atoms with Crippen molar-refractivity contribution in [3.63, 3.8) is 0 Å². The molecule has 0 aliphatic carbocycles. The molecule has 5 nitrogen and oxygen atoms in total. The second-order valence-corrected chi connectivity index (χ2v) is 4.78. The summed E-state index contributed by atoms with van der Waals surface area (Å²) in [6.45, 7) is 3.81. The molecule has 1 aromatic heterocycles. The van der Waals surface area contributed by atoms with E-state index in [0.717, 1.165) is 5.69 Å². The molecule has 5 heteroatoms. The number of rotatable bonds is 4. The summed E-state index contributed by atoms with van der Waals surface area (Å²) in [5.41, 5.74) is 1.34. The molecule has 0 spiro atoms. The number of aromatic nitrogens is 2. The first-order chi connectivity index (χ1) is 9.58. The summed E-state index contributed by atoms with van der Waals surface area (Å²) in [6.07, 6.45) is 3.09. The first-order valence-corrected chi connectivity index (χ1v) is 6.49. The predicted octanol–water partition coefficient (Wildman–Crippen LogP) is 2.38. The second-order valence-electron chi connectivity index (χ2n) is 4.78. The average Bonchev–Trinajstić information content (AvgIpc) is 2.47. The van der Waals surface area contributed by atoms with Gasteiger partial charge in [-0.05, 0) is 26.0 Å². The van der Waals surface area contributed by atoms with Crippen molar-refractivity contribution in [3.8, 4) is 0 Å². The lowest BCUT2D eigenvalue weighted by atomic mass is 10.3. The lowest BCUT2D eigenvalue weighted by Gasteiger charge is -2.17. The van der Waals surface area contributed by atoms with Gasteiger partial charge in [-0.3, -0.25) is 4.79 Å². The zero-order chi connectivity index (χ0) is 14.5. The second kappa shape index (κ2) is 6.14. The van der Waals surface area contributed by atoms with Gasteiger partial charge in [0, 0.05) is 18.8 Å². The van der Waals surface area contributed by atoms with Gasteiger partial charge in [0.2, 0.25) is 0 Å². The fourth-order valence-electron chi connectivity index (χ4n) is 1.73. The highest BCUT2D eigenvalue weighted by molar-refractivity contribution is 5.92. The molecule has 2 rings (SSSR count).